The Morgan fingerprint density at radius 3 is 2.32 bits per heavy atom. The Balaban J connectivity index is 1.35. The van der Waals surface area contributed by atoms with Crippen LogP contribution in [0.2, 0.25) is 0 Å². The SMILES string of the molecule is CC(C)[C@H](C(=O)O)N1CC(CN2CCC(CCC(F)(F)c3ccc(F)cc3)CC2)C(c2cccc(F)c2)C1. The number of carboxylic acid groups (broad SMARTS) is 1. The third-order valence-electron chi connectivity index (χ3n) is 8.36. The van der Waals surface area contributed by atoms with E-state index in [-0.39, 0.29) is 41.5 Å². The predicted molar refractivity (Wildman–Crippen MR) is 139 cm³/mol. The molecule has 4 rings (SSSR count). The molecule has 208 valence electrons. The number of benzene rings is 2. The summed E-state index contributed by atoms with van der Waals surface area (Å²) in [6.45, 7) is 7.37. The fraction of sp³-hybridized carbons (Fsp3) is 0.567. The Morgan fingerprint density at radius 2 is 1.71 bits per heavy atom. The number of hydrogen-bond acceptors (Lipinski definition) is 3. The summed E-state index contributed by atoms with van der Waals surface area (Å²) in [6, 6.07) is 10.5. The highest BCUT2D eigenvalue weighted by Crippen LogP contribution is 2.38. The first-order valence-electron chi connectivity index (χ1n) is 13.6. The van der Waals surface area contributed by atoms with Gasteiger partial charge in [0.2, 0.25) is 0 Å². The topological polar surface area (TPSA) is 43.8 Å². The zero-order valence-electron chi connectivity index (χ0n) is 22.1. The molecule has 2 aromatic carbocycles. The molecule has 1 N–H and O–H groups in total. The lowest BCUT2D eigenvalue weighted by atomic mass is 9.86. The summed E-state index contributed by atoms with van der Waals surface area (Å²) in [5.74, 6) is -4.31. The van der Waals surface area contributed by atoms with Crippen molar-refractivity contribution in [3.63, 3.8) is 0 Å². The summed E-state index contributed by atoms with van der Waals surface area (Å²) in [5.41, 5.74) is 0.745. The van der Waals surface area contributed by atoms with Gasteiger partial charge in [-0.15, -0.1) is 0 Å². The molecule has 0 aliphatic carbocycles. The van der Waals surface area contributed by atoms with Crippen molar-refractivity contribution in [2.24, 2.45) is 17.8 Å². The monoisotopic (exact) mass is 534 g/mol. The van der Waals surface area contributed by atoms with Gasteiger partial charge in [-0.05, 0) is 79.9 Å². The second-order valence-electron chi connectivity index (χ2n) is 11.4. The van der Waals surface area contributed by atoms with Crippen molar-refractivity contribution in [3.8, 4) is 0 Å². The quantitative estimate of drug-likeness (QED) is 0.360. The smallest absolute Gasteiger partial charge is 0.321 e. The molecule has 0 amide bonds. The molecule has 8 heteroatoms. The number of carbonyl (C=O) groups is 1. The Labute approximate surface area is 222 Å². The number of carboxylic acids is 1. The molecular formula is C30H38F4N2O2. The van der Waals surface area contributed by atoms with E-state index in [4.69, 9.17) is 0 Å². The molecule has 0 radical (unpaired) electrons. The first-order valence-corrected chi connectivity index (χ1v) is 13.6. The van der Waals surface area contributed by atoms with E-state index in [2.05, 4.69) is 4.90 Å². The maximum Gasteiger partial charge on any atom is 0.321 e. The number of halogens is 4. The van der Waals surface area contributed by atoms with Crippen molar-refractivity contribution in [3.05, 3.63) is 71.3 Å². The number of aliphatic carboxylic acids is 1. The van der Waals surface area contributed by atoms with Gasteiger partial charge in [0.05, 0.1) is 0 Å². The number of nitrogens with zero attached hydrogens (tertiary/aromatic N) is 2. The minimum Gasteiger partial charge on any atom is -0.480 e. The molecule has 2 aliphatic heterocycles. The van der Waals surface area contributed by atoms with E-state index in [9.17, 15) is 27.5 Å². The van der Waals surface area contributed by atoms with Gasteiger partial charge >= 0.3 is 5.97 Å². The maximum atomic E-state index is 14.6. The normalized spacial score (nSPS) is 22.7. The zero-order valence-corrected chi connectivity index (χ0v) is 22.1. The minimum atomic E-state index is -2.98. The number of likely N-dealkylation sites (tertiary alicyclic amines) is 2. The molecule has 0 bridgehead atoms. The molecule has 2 heterocycles. The highest BCUT2D eigenvalue weighted by atomic mass is 19.3. The van der Waals surface area contributed by atoms with Crippen molar-refractivity contribution >= 4 is 5.97 Å². The average Bonchev–Trinajstić information content (AvgIpc) is 3.26. The van der Waals surface area contributed by atoms with Crippen LogP contribution in [-0.4, -0.2) is 59.6 Å². The lowest BCUT2D eigenvalue weighted by Crippen LogP contribution is -2.44. The van der Waals surface area contributed by atoms with Crippen molar-refractivity contribution in [1.82, 2.24) is 9.80 Å². The number of rotatable bonds is 10. The standard InChI is InChI=1S/C30H38F4N2O2/c1-20(2)28(29(37)38)36-18-23(27(19-36)22-4-3-5-26(32)16-22)17-35-14-11-21(12-15-35)10-13-30(33,34)24-6-8-25(31)9-7-24/h3-9,16,20-21,23,27-28H,10-15,17-19H2,1-2H3,(H,37,38)/t23?,27?,28-/m1/s1. The van der Waals surface area contributed by atoms with Crippen molar-refractivity contribution in [2.45, 2.75) is 57.4 Å². The van der Waals surface area contributed by atoms with Gasteiger partial charge in [-0.1, -0.05) is 38.1 Å². The molecule has 38 heavy (non-hydrogen) atoms. The molecule has 2 aliphatic rings. The van der Waals surface area contributed by atoms with E-state index in [1.807, 2.05) is 24.8 Å². The molecule has 0 saturated carbocycles. The van der Waals surface area contributed by atoms with Gasteiger partial charge in [0.25, 0.3) is 5.92 Å². The summed E-state index contributed by atoms with van der Waals surface area (Å²) in [6.07, 6.45) is 1.80. The van der Waals surface area contributed by atoms with Crippen molar-refractivity contribution in [2.75, 3.05) is 32.7 Å². The van der Waals surface area contributed by atoms with Gasteiger partial charge in [-0.2, -0.15) is 0 Å². The lowest BCUT2D eigenvalue weighted by Gasteiger charge is -2.35. The van der Waals surface area contributed by atoms with E-state index in [1.54, 1.807) is 12.1 Å². The first-order chi connectivity index (χ1) is 18.0. The Kier molecular flexibility index (Phi) is 9.14. The van der Waals surface area contributed by atoms with E-state index in [0.717, 1.165) is 62.3 Å². The highest BCUT2D eigenvalue weighted by Gasteiger charge is 2.41. The van der Waals surface area contributed by atoms with Crippen LogP contribution >= 0.6 is 0 Å². The third-order valence-corrected chi connectivity index (χ3v) is 8.36. The molecule has 2 saturated heterocycles. The van der Waals surface area contributed by atoms with E-state index < -0.39 is 23.8 Å². The van der Waals surface area contributed by atoms with Crippen LogP contribution in [0.4, 0.5) is 17.6 Å². The van der Waals surface area contributed by atoms with E-state index in [1.165, 1.54) is 6.07 Å². The average molecular weight is 535 g/mol. The Morgan fingerprint density at radius 1 is 1.03 bits per heavy atom. The Bertz CT molecular complexity index is 1070. The fourth-order valence-corrected chi connectivity index (χ4v) is 6.31. The number of hydrogen-bond donors (Lipinski definition) is 1. The van der Waals surface area contributed by atoms with Crippen LogP contribution < -0.4 is 0 Å². The fourth-order valence-electron chi connectivity index (χ4n) is 6.31. The molecule has 4 nitrogen and oxygen atoms in total. The van der Waals surface area contributed by atoms with Gasteiger partial charge in [-0.25, -0.2) is 17.6 Å². The molecule has 2 fully saturated rings. The van der Waals surface area contributed by atoms with Crippen LogP contribution in [0.5, 0.6) is 0 Å². The third kappa shape index (κ3) is 6.94. The van der Waals surface area contributed by atoms with Gasteiger partial charge in [0.15, 0.2) is 0 Å². The van der Waals surface area contributed by atoms with Crippen LogP contribution in [0.1, 0.15) is 56.6 Å². The van der Waals surface area contributed by atoms with Gasteiger partial charge in [0, 0.05) is 37.5 Å². The molecule has 0 spiro atoms. The highest BCUT2D eigenvalue weighted by molar-refractivity contribution is 5.73. The molecule has 2 aromatic rings. The van der Waals surface area contributed by atoms with Gasteiger partial charge in [-0.3, -0.25) is 9.69 Å². The summed E-state index contributed by atoms with van der Waals surface area (Å²) in [7, 11) is 0. The van der Waals surface area contributed by atoms with Crippen LogP contribution in [0.25, 0.3) is 0 Å². The van der Waals surface area contributed by atoms with E-state index >= 15 is 0 Å². The number of piperidine rings is 1. The summed E-state index contributed by atoms with van der Waals surface area (Å²) < 4.78 is 56.4. The van der Waals surface area contributed by atoms with Gasteiger partial charge < -0.3 is 10.0 Å². The van der Waals surface area contributed by atoms with Crippen LogP contribution in [0.15, 0.2) is 48.5 Å². The van der Waals surface area contributed by atoms with E-state index in [0.29, 0.717) is 19.5 Å². The largest absolute Gasteiger partial charge is 0.480 e. The second-order valence-corrected chi connectivity index (χ2v) is 11.4. The first kappa shape index (κ1) is 28.6. The Hall–Kier alpha value is -2.45. The molecule has 0 aromatic heterocycles. The molecule has 2 unspecified atom stereocenters. The van der Waals surface area contributed by atoms with Crippen LogP contribution in [0.3, 0.4) is 0 Å². The number of alkyl halides is 2. The summed E-state index contributed by atoms with van der Waals surface area (Å²) >= 11 is 0. The predicted octanol–water partition coefficient (Wildman–Crippen LogP) is 6.37. The summed E-state index contributed by atoms with van der Waals surface area (Å²) in [5, 5.41) is 9.85. The minimum absolute atomic E-state index is 0.0263. The maximum absolute atomic E-state index is 14.6. The van der Waals surface area contributed by atoms with Crippen LogP contribution in [0, 0.1) is 29.4 Å². The molecule has 3 atom stereocenters. The molecular weight excluding hydrogens is 496 g/mol. The summed E-state index contributed by atoms with van der Waals surface area (Å²) in [4.78, 5) is 16.4. The zero-order chi connectivity index (χ0) is 27.4. The van der Waals surface area contributed by atoms with Gasteiger partial charge in [0.1, 0.15) is 17.7 Å². The van der Waals surface area contributed by atoms with Crippen LogP contribution in [-0.2, 0) is 10.7 Å². The second kappa shape index (κ2) is 12.2. The van der Waals surface area contributed by atoms with Crippen molar-refractivity contribution in [1.29, 1.82) is 0 Å². The lowest BCUT2D eigenvalue weighted by molar-refractivity contribution is -0.144. The van der Waals surface area contributed by atoms with Crippen molar-refractivity contribution < 1.29 is 27.5 Å².